The van der Waals surface area contributed by atoms with Gasteiger partial charge in [-0.2, -0.15) is 0 Å². The van der Waals surface area contributed by atoms with Gasteiger partial charge in [-0.05, 0) is 44.0 Å². The van der Waals surface area contributed by atoms with Crippen LogP contribution in [0.25, 0.3) is 10.9 Å². The van der Waals surface area contributed by atoms with Crippen LogP contribution in [0.5, 0.6) is 0 Å². The number of piperidine rings is 1. The zero-order chi connectivity index (χ0) is 14.7. The van der Waals surface area contributed by atoms with Crippen LogP contribution >= 0.6 is 0 Å². The molecule has 21 heavy (non-hydrogen) atoms. The summed E-state index contributed by atoms with van der Waals surface area (Å²) in [4.78, 5) is 18.9. The normalized spacial score (nSPS) is 18.6. The monoisotopic (exact) mass is 283 g/mol. The highest BCUT2D eigenvalue weighted by molar-refractivity contribution is 6.05. The molecule has 3 rings (SSSR count). The third-order valence-corrected chi connectivity index (χ3v) is 4.14. The Hall–Kier alpha value is -1.94. The summed E-state index contributed by atoms with van der Waals surface area (Å²) in [5.74, 6) is 0.612. The standard InChI is InChI=1S/C17H21N3O/c1-20(12-13-5-3-9-18-11-13)17(21)15-8-2-6-14-7-4-10-19-16(14)15/h2,4,6-8,10,13,18H,3,5,9,11-12H2,1H3. The summed E-state index contributed by atoms with van der Waals surface area (Å²) in [6, 6.07) is 9.67. The van der Waals surface area contributed by atoms with E-state index < -0.39 is 0 Å². The van der Waals surface area contributed by atoms with Gasteiger partial charge in [0.25, 0.3) is 5.91 Å². The highest BCUT2D eigenvalue weighted by Crippen LogP contribution is 2.18. The number of hydrogen-bond acceptors (Lipinski definition) is 3. The molecule has 4 heteroatoms. The molecular formula is C17H21N3O. The zero-order valence-electron chi connectivity index (χ0n) is 12.4. The van der Waals surface area contributed by atoms with Gasteiger partial charge in [0.1, 0.15) is 0 Å². The van der Waals surface area contributed by atoms with E-state index in [1.54, 1.807) is 6.20 Å². The summed E-state index contributed by atoms with van der Waals surface area (Å²) in [5.41, 5.74) is 1.48. The van der Waals surface area contributed by atoms with Crippen molar-refractivity contribution in [3.05, 3.63) is 42.1 Å². The molecule has 0 spiro atoms. The van der Waals surface area contributed by atoms with E-state index in [0.29, 0.717) is 11.5 Å². The molecule has 1 aliphatic heterocycles. The van der Waals surface area contributed by atoms with Gasteiger partial charge >= 0.3 is 0 Å². The Kier molecular flexibility index (Phi) is 4.15. The van der Waals surface area contributed by atoms with Crippen molar-refractivity contribution in [1.29, 1.82) is 0 Å². The van der Waals surface area contributed by atoms with E-state index in [2.05, 4.69) is 10.3 Å². The van der Waals surface area contributed by atoms with Gasteiger partial charge in [0.05, 0.1) is 11.1 Å². The van der Waals surface area contributed by atoms with Crippen molar-refractivity contribution >= 4 is 16.8 Å². The molecule has 1 fully saturated rings. The van der Waals surface area contributed by atoms with Gasteiger partial charge in [-0.3, -0.25) is 9.78 Å². The molecule has 0 bridgehead atoms. The molecule has 1 aliphatic rings. The molecule has 1 saturated heterocycles. The smallest absolute Gasteiger partial charge is 0.255 e. The Labute approximate surface area is 125 Å². The minimum atomic E-state index is 0.0601. The number of nitrogens with zero attached hydrogens (tertiary/aromatic N) is 2. The molecule has 2 heterocycles. The second kappa shape index (κ2) is 6.22. The van der Waals surface area contributed by atoms with Crippen LogP contribution in [0.4, 0.5) is 0 Å². The van der Waals surface area contributed by atoms with Crippen LogP contribution in [-0.2, 0) is 0 Å². The minimum absolute atomic E-state index is 0.0601. The summed E-state index contributed by atoms with van der Waals surface area (Å²) in [6.45, 7) is 2.90. The van der Waals surface area contributed by atoms with Gasteiger partial charge in [-0.25, -0.2) is 0 Å². The predicted octanol–water partition coefficient (Wildman–Crippen LogP) is 2.31. The molecular weight excluding hydrogens is 262 g/mol. The van der Waals surface area contributed by atoms with Crippen LogP contribution in [-0.4, -0.2) is 42.5 Å². The molecule has 1 unspecified atom stereocenters. The van der Waals surface area contributed by atoms with Crippen molar-refractivity contribution < 1.29 is 4.79 Å². The molecule has 0 radical (unpaired) electrons. The fourth-order valence-electron chi connectivity index (χ4n) is 3.03. The summed E-state index contributed by atoms with van der Waals surface area (Å²) < 4.78 is 0. The van der Waals surface area contributed by atoms with E-state index in [-0.39, 0.29) is 5.91 Å². The van der Waals surface area contributed by atoms with Gasteiger partial charge in [0, 0.05) is 25.2 Å². The summed E-state index contributed by atoms with van der Waals surface area (Å²) >= 11 is 0. The molecule has 4 nitrogen and oxygen atoms in total. The number of amides is 1. The third-order valence-electron chi connectivity index (χ3n) is 4.14. The lowest BCUT2D eigenvalue weighted by Gasteiger charge is -2.27. The average Bonchev–Trinajstić information content (AvgIpc) is 2.54. The fraction of sp³-hybridized carbons (Fsp3) is 0.412. The van der Waals surface area contributed by atoms with Crippen molar-refractivity contribution in [2.24, 2.45) is 5.92 Å². The lowest BCUT2D eigenvalue weighted by Crippen LogP contribution is -2.39. The number of nitrogens with one attached hydrogen (secondary N) is 1. The Morgan fingerprint density at radius 3 is 3.05 bits per heavy atom. The number of aromatic nitrogens is 1. The van der Waals surface area contributed by atoms with Gasteiger partial charge < -0.3 is 10.2 Å². The van der Waals surface area contributed by atoms with Gasteiger partial charge in [-0.1, -0.05) is 18.2 Å². The molecule has 1 aromatic carbocycles. The Balaban J connectivity index is 1.79. The third kappa shape index (κ3) is 3.05. The maximum absolute atomic E-state index is 12.7. The predicted molar refractivity (Wildman–Crippen MR) is 84.3 cm³/mol. The van der Waals surface area contributed by atoms with Crippen LogP contribution in [0.1, 0.15) is 23.2 Å². The second-order valence-electron chi connectivity index (χ2n) is 5.78. The van der Waals surface area contributed by atoms with E-state index in [0.717, 1.165) is 30.5 Å². The lowest BCUT2D eigenvalue weighted by molar-refractivity contribution is 0.0766. The first-order valence-electron chi connectivity index (χ1n) is 7.55. The minimum Gasteiger partial charge on any atom is -0.341 e. The number of pyridine rings is 1. The Morgan fingerprint density at radius 2 is 2.24 bits per heavy atom. The number of para-hydroxylation sites is 1. The largest absolute Gasteiger partial charge is 0.341 e. The maximum atomic E-state index is 12.7. The van der Waals surface area contributed by atoms with E-state index >= 15 is 0 Å². The first kappa shape index (κ1) is 14.0. The average molecular weight is 283 g/mol. The number of hydrogen-bond donors (Lipinski definition) is 1. The van der Waals surface area contributed by atoms with Crippen LogP contribution in [0.15, 0.2) is 36.5 Å². The molecule has 0 saturated carbocycles. The first-order valence-corrected chi connectivity index (χ1v) is 7.55. The van der Waals surface area contributed by atoms with Gasteiger partial charge in [0.2, 0.25) is 0 Å². The summed E-state index contributed by atoms with van der Waals surface area (Å²) in [6.07, 6.45) is 4.13. The van der Waals surface area contributed by atoms with E-state index in [9.17, 15) is 4.79 Å². The van der Waals surface area contributed by atoms with Crippen molar-refractivity contribution in [3.63, 3.8) is 0 Å². The molecule has 2 aromatic rings. The summed E-state index contributed by atoms with van der Waals surface area (Å²) in [7, 11) is 1.89. The van der Waals surface area contributed by atoms with Crippen LogP contribution in [0, 0.1) is 5.92 Å². The quantitative estimate of drug-likeness (QED) is 0.940. The Morgan fingerprint density at radius 1 is 1.38 bits per heavy atom. The van der Waals surface area contributed by atoms with Crippen LogP contribution < -0.4 is 5.32 Å². The van der Waals surface area contributed by atoms with Crippen molar-refractivity contribution in [2.45, 2.75) is 12.8 Å². The molecule has 0 aliphatic carbocycles. The molecule has 1 amide bonds. The van der Waals surface area contributed by atoms with Crippen molar-refractivity contribution in [3.8, 4) is 0 Å². The van der Waals surface area contributed by atoms with Crippen molar-refractivity contribution in [1.82, 2.24) is 15.2 Å². The van der Waals surface area contributed by atoms with E-state index in [4.69, 9.17) is 0 Å². The number of carbonyl (C=O) groups is 1. The fourth-order valence-corrected chi connectivity index (χ4v) is 3.03. The van der Waals surface area contributed by atoms with E-state index in [1.165, 1.54) is 12.8 Å². The molecule has 1 atom stereocenters. The van der Waals surface area contributed by atoms with Gasteiger partial charge in [0.15, 0.2) is 0 Å². The maximum Gasteiger partial charge on any atom is 0.255 e. The molecule has 1 aromatic heterocycles. The molecule has 110 valence electrons. The molecule has 1 N–H and O–H groups in total. The van der Waals surface area contributed by atoms with Gasteiger partial charge in [-0.15, -0.1) is 0 Å². The number of rotatable bonds is 3. The van der Waals surface area contributed by atoms with Crippen LogP contribution in [0.3, 0.4) is 0 Å². The number of fused-ring (bicyclic) bond motifs is 1. The zero-order valence-corrected chi connectivity index (χ0v) is 12.4. The second-order valence-corrected chi connectivity index (χ2v) is 5.78. The van der Waals surface area contributed by atoms with E-state index in [1.807, 2.05) is 42.3 Å². The highest BCUT2D eigenvalue weighted by Gasteiger charge is 2.20. The summed E-state index contributed by atoms with van der Waals surface area (Å²) in [5, 5.41) is 4.41. The lowest BCUT2D eigenvalue weighted by atomic mass is 9.99. The Bertz CT molecular complexity index is 629. The van der Waals surface area contributed by atoms with Crippen molar-refractivity contribution in [2.75, 3.05) is 26.7 Å². The highest BCUT2D eigenvalue weighted by atomic mass is 16.2. The number of benzene rings is 1. The topological polar surface area (TPSA) is 45.2 Å². The first-order chi connectivity index (χ1) is 10.3. The number of carbonyl (C=O) groups excluding carboxylic acids is 1. The SMILES string of the molecule is CN(CC1CCCNC1)C(=O)c1cccc2cccnc12. The van der Waals surface area contributed by atoms with Crippen LogP contribution in [0.2, 0.25) is 0 Å².